The summed E-state index contributed by atoms with van der Waals surface area (Å²) in [6.45, 7) is 0.402. The number of methoxy groups -OCH3 is 1. The van der Waals surface area contributed by atoms with Crippen LogP contribution in [-0.2, 0) is 14.3 Å². The number of carbonyl (C=O) groups excluding carboxylic acids is 2. The number of esters is 1. The van der Waals surface area contributed by atoms with E-state index >= 15 is 0 Å². The molecular formula is C15H16ClN3O3. The lowest BCUT2D eigenvalue weighted by atomic mass is 10.3. The van der Waals surface area contributed by atoms with E-state index in [9.17, 15) is 9.59 Å². The van der Waals surface area contributed by atoms with Crippen molar-refractivity contribution in [1.82, 2.24) is 14.7 Å². The predicted molar refractivity (Wildman–Crippen MR) is 83.5 cm³/mol. The van der Waals surface area contributed by atoms with Crippen LogP contribution in [0.5, 0.6) is 0 Å². The molecular weight excluding hydrogens is 306 g/mol. The topological polar surface area (TPSA) is 72.7 Å². The quantitative estimate of drug-likeness (QED) is 0.502. The largest absolute Gasteiger partial charge is 0.469 e. The summed E-state index contributed by atoms with van der Waals surface area (Å²) in [5.41, 5.74) is 1.35. The number of pyridine rings is 1. The van der Waals surface area contributed by atoms with Crippen LogP contribution in [0, 0.1) is 0 Å². The first kappa shape index (κ1) is 16.0. The van der Waals surface area contributed by atoms with Gasteiger partial charge in [-0.2, -0.15) is 0 Å². The predicted octanol–water partition coefficient (Wildman–Crippen LogP) is 2.07. The van der Waals surface area contributed by atoms with Crippen molar-refractivity contribution in [1.29, 1.82) is 0 Å². The van der Waals surface area contributed by atoms with Crippen LogP contribution in [0.1, 0.15) is 18.5 Å². The number of halogens is 1. The molecule has 7 heteroatoms. The maximum atomic E-state index is 11.7. The zero-order valence-electron chi connectivity index (χ0n) is 12.1. The number of aromatic nitrogens is 2. The van der Waals surface area contributed by atoms with Crippen LogP contribution in [0.15, 0.2) is 30.5 Å². The molecule has 6 nitrogen and oxygen atoms in total. The molecule has 0 spiro atoms. The Bertz CT molecular complexity index is 709. The number of imidazole rings is 1. The molecule has 0 saturated carbocycles. The van der Waals surface area contributed by atoms with Gasteiger partial charge in [-0.25, -0.2) is 4.98 Å². The van der Waals surface area contributed by atoms with Gasteiger partial charge in [-0.05, 0) is 24.6 Å². The minimum atomic E-state index is -0.290. The number of amides is 1. The Hall–Kier alpha value is -2.34. The molecule has 0 aliphatic carbocycles. The Kier molecular flexibility index (Phi) is 5.55. The van der Waals surface area contributed by atoms with Crippen LogP contribution in [0.3, 0.4) is 0 Å². The highest BCUT2D eigenvalue weighted by molar-refractivity contribution is 6.31. The van der Waals surface area contributed by atoms with Crippen LogP contribution in [0.25, 0.3) is 11.7 Å². The summed E-state index contributed by atoms with van der Waals surface area (Å²) in [4.78, 5) is 26.8. The number of nitrogens with zero attached hydrogens (tertiary/aromatic N) is 2. The molecule has 22 heavy (non-hydrogen) atoms. The second kappa shape index (κ2) is 7.61. The molecule has 2 rings (SSSR count). The van der Waals surface area contributed by atoms with E-state index in [1.807, 2.05) is 24.4 Å². The van der Waals surface area contributed by atoms with Crippen LogP contribution in [0.4, 0.5) is 0 Å². The number of nitrogens with one attached hydrogen (secondary N) is 1. The Morgan fingerprint density at radius 1 is 1.45 bits per heavy atom. The molecule has 0 saturated heterocycles. The Morgan fingerprint density at radius 2 is 2.27 bits per heavy atom. The van der Waals surface area contributed by atoms with Crippen LogP contribution in [0.2, 0.25) is 5.15 Å². The maximum Gasteiger partial charge on any atom is 0.305 e. The van der Waals surface area contributed by atoms with E-state index in [4.69, 9.17) is 11.6 Å². The van der Waals surface area contributed by atoms with E-state index in [1.165, 1.54) is 13.2 Å². The molecule has 1 N–H and O–H groups in total. The molecule has 0 atom stereocenters. The van der Waals surface area contributed by atoms with Crippen molar-refractivity contribution in [3.63, 3.8) is 0 Å². The summed E-state index contributed by atoms with van der Waals surface area (Å²) in [5, 5.41) is 3.02. The zero-order valence-corrected chi connectivity index (χ0v) is 12.8. The van der Waals surface area contributed by atoms with Gasteiger partial charge in [0.2, 0.25) is 5.91 Å². The van der Waals surface area contributed by atoms with Crippen LogP contribution >= 0.6 is 11.6 Å². The molecule has 2 heterocycles. The lowest BCUT2D eigenvalue weighted by Gasteiger charge is -2.01. The van der Waals surface area contributed by atoms with E-state index in [-0.39, 0.29) is 18.3 Å². The number of ether oxygens (including phenoxy) is 1. The number of fused-ring (bicyclic) bond motifs is 1. The summed E-state index contributed by atoms with van der Waals surface area (Å²) in [7, 11) is 1.34. The molecule has 0 aliphatic heterocycles. The van der Waals surface area contributed by atoms with Gasteiger partial charge >= 0.3 is 5.97 Å². The molecule has 116 valence electrons. The fraction of sp³-hybridized carbons (Fsp3) is 0.267. The number of carbonyl (C=O) groups is 2. The maximum absolute atomic E-state index is 11.7. The molecule has 0 aliphatic rings. The molecule has 0 fully saturated rings. The Balaban J connectivity index is 1.92. The summed E-state index contributed by atoms with van der Waals surface area (Å²) >= 11 is 6.06. The normalized spacial score (nSPS) is 11.0. The van der Waals surface area contributed by atoms with Crippen molar-refractivity contribution < 1.29 is 14.3 Å². The van der Waals surface area contributed by atoms with Crippen molar-refractivity contribution >= 4 is 35.2 Å². The third kappa shape index (κ3) is 4.08. The van der Waals surface area contributed by atoms with E-state index < -0.39 is 0 Å². The third-order valence-electron chi connectivity index (χ3n) is 3.00. The van der Waals surface area contributed by atoms with Gasteiger partial charge in [0.15, 0.2) is 5.15 Å². The number of hydrogen-bond donors (Lipinski definition) is 1. The first-order valence-electron chi connectivity index (χ1n) is 6.77. The molecule has 0 unspecified atom stereocenters. The summed E-state index contributed by atoms with van der Waals surface area (Å²) in [5.74, 6) is -0.547. The molecule has 2 aromatic rings. The van der Waals surface area contributed by atoms with Crippen molar-refractivity contribution in [2.24, 2.45) is 0 Å². The van der Waals surface area contributed by atoms with Crippen molar-refractivity contribution in [2.75, 3.05) is 13.7 Å². The fourth-order valence-corrected chi connectivity index (χ4v) is 2.14. The van der Waals surface area contributed by atoms with Gasteiger partial charge in [-0.15, -0.1) is 0 Å². The van der Waals surface area contributed by atoms with Gasteiger partial charge in [0, 0.05) is 25.2 Å². The fourth-order valence-electron chi connectivity index (χ4n) is 1.90. The standard InChI is InChI=1S/C15H16ClN3O3/c1-22-14(21)6-4-9-17-13(20)8-7-11-15(16)18-12-5-2-3-10-19(11)12/h2-3,5,7-8,10H,4,6,9H2,1H3,(H,17,20)/b8-7+. The highest BCUT2D eigenvalue weighted by Crippen LogP contribution is 2.18. The molecule has 2 aromatic heterocycles. The summed E-state index contributed by atoms with van der Waals surface area (Å²) in [6, 6.07) is 5.55. The van der Waals surface area contributed by atoms with Gasteiger partial charge in [0.1, 0.15) is 5.65 Å². The molecule has 0 aromatic carbocycles. The highest BCUT2D eigenvalue weighted by atomic mass is 35.5. The number of rotatable bonds is 6. The summed E-state index contributed by atoms with van der Waals surface area (Å²) < 4.78 is 6.31. The monoisotopic (exact) mass is 321 g/mol. The first-order valence-corrected chi connectivity index (χ1v) is 7.15. The van der Waals surface area contributed by atoms with Crippen molar-refractivity contribution in [3.8, 4) is 0 Å². The van der Waals surface area contributed by atoms with E-state index in [2.05, 4.69) is 15.0 Å². The lowest BCUT2D eigenvalue weighted by molar-refractivity contribution is -0.140. The van der Waals surface area contributed by atoms with E-state index in [1.54, 1.807) is 10.5 Å². The van der Waals surface area contributed by atoms with Crippen molar-refractivity contribution in [2.45, 2.75) is 12.8 Å². The molecule has 0 bridgehead atoms. The Morgan fingerprint density at radius 3 is 3.05 bits per heavy atom. The minimum Gasteiger partial charge on any atom is -0.469 e. The van der Waals surface area contributed by atoms with E-state index in [0.29, 0.717) is 29.5 Å². The second-order valence-corrected chi connectivity index (χ2v) is 4.88. The van der Waals surface area contributed by atoms with Gasteiger partial charge in [-0.1, -0.05) is 17.7 Å². The van der Waals surface area contributed by atoms with E-state index in [0.717, 1.165) is 0 Å². The summed E-state index contributed by atoms with van der Waals surface area (Å²) in [6.07, 6.45) is 5.63. The minimum absolute atomic E-state index is 0.258. The second-order valence-electron chi connectivity index (χ2n) is 4.52. The van der Waals surface area contributed by atoms with Crippen LogP contribution < -0.4 is 5.32 Å². The van der Waals surface area contributed by atoms with Gasteiger partial charge in [0.05, 0.1) is 12.8 Å². The van der Waals surface area contributed by atoms with Crippen LogP contribution in [-0.4, -0.2) is 34.9 Å². The number of hydrogen-bond acceptors (Lipinski definition) is 4. The SMILES string of the molecule is COC(=O)CCCNC(=O)/C=C/c1c(Cl)nc2ccccn12. The van der Waals surface area contributed by atoms with Gasteiger partial charge in [0.25, 0.3) is 0 Å². The lowest BCUT2D eigenvalue weighted by Crippen LogP contribution is -2.22. The van der Waals surface area contributed by atoms with Crippen molar-refractivity contribution in [3.05, 3.63) is 41.3 Å². The molecule has 1 amide bonds. The average molecular weight is 322 g/mol. The zero-order chi connectivity index (χ0) is 15.9. The average Bonchev–Trinajstić information content (AvgIpc) is 2.84. The van der Waals surface area contributed by atoms with Gasteiger partial charge in [-0.3, -0.25) is 14.0 Å². The molecule has 0 radical (unpaired) electrons. The Labute approximate surface area is 132 Å². The van der Waals surface area contributed by atoms with Gasteiger partial charge < -0.3 is 10.1 Å². The third-order valence-corrected chi connectivity index (χ3v) is 3.28. The highest BCUT2D eigenvalue weighted by Gasteiger charge is 2.07. The smallest absolute Gasteiger partial charge is 0.305 e. The first-order chi connectivity index (χ1) is 10.6.